The van der Waals surface area contributed by atoms with Crippen LogP contribution in [0.4, 0.5) is 0 Å². The first-order valence-electron chi connectivity index (χ1n) is 19.8. The molecule has 0 rings (SSSR count). The molecule has 0 aliphatic heterocycles. The van der Waals surface area contributed by atoms with Crippen LogP contribution in [0.15, 0.2) is 36.5 Å². The van der Waals surface area contributed by atoms with Crippen LogP contribution in [0.25, 0.3) is 0 Å². The molecule has 0 heterocycles. The zero-order valence-corrected chi connectivity index (χ0v) is 30.5. The number of nitrogens with one attached hydrogen (secondary N) is 1. The first-order valence-corrected chi connectivity index (χ1v) is 19.8. The van der Waals surface area contributed by atoms with E-state index in [4.69, 9.17) is 0 Å². The average Bonchev–Trinajstić information content (AvgIpc) is 3.06. The van der Waals surface area contributed by atoms with E-state index in [1.54, 1.807) is 0 Å². The van der Waals surface area contributed by atoms with Crippen LogP contribution in [0.2, 0.25) is 0 Å². The lowest BCUT2D eigenvalue weighted by Gasteiger charge is -2.26. The van der Waals surface area contributed by atoms with Crippen molar-refractivity contribution in [3.63, 3.8) is 0 Å². The fraction of sp³-hybridized carbons (Fsp3) is 0.829. The van der Waals surface area contributed by atoms with Crippen molar-refractivity contribution in [2.24, 2.45) is 0 Å². The van der Waals surface area contributed by atoms with Gasteiger partial charge in [0, 0.05) is 6.42 Å². The summed E-state index contributed by atoms with van der Waals surface area (Å²) in [6, 6.07) is -0.832. The van der Waals surface area contributed by atoms with Gasteiger partial charge in [0.05, 0.1) is 18.8 Å². The molecule has 5 heteroatoms. The number of rotatable bonds is 35. The highest BCUT2D eigenvalue weighted by Crippen LogP contribution is 2.13. The maximum absolute atomic E-state index is 12.4. The monoisotopic (exact) mass is 648 g/mol. The van der Waals surface area contributed by atoms with E-state index in [0.717, 1.165) is 44.9 Å². The Morgan fingerprint density at radius 3 is 1.35 bits per heavy atom. The molecule has 0 aromatic carbocycles. The molecule has 0 aliphatic rings. The van der Waals surface area contributed by atoms with E-state index in [1.165, 1.54) is 122 Å². The molecular formula is C41H77NO4. The molecule has 0 aromatic rings. The van der Waals surface area contributed by atoms with Crippen molar-refractivity contribution in [2.45, 2.75) is 212 Å². The van der Waals surface area contributed by atoms with Gasteiger partial charge in [0.1, 0.15) is 6.10 Å². The number of hydrogen-bond donors (Lipinski definition) is 4. The molecule has 3 atom stereocenters. The highest BCUT2D eigenvalue weighted by atomic mass is 16.3. The number of hydrogen-bond acceptors (Lipinski definition) is 4. The minimum Gasteiger partial charge on any atom is -0.394 e. The van der Waals surface area contributed by atoms with Crippen LogP contribution >= 0.6 is 0 Å². The SMILES string of the molecule is CCCCCC/C=C/CC/C=C/CCCC(O)C(O)C(CO)NC(=O)CCCCCCCCC/C=C\CCCCCCCCCC. The Balaban J connectivity index is 3.72. The van der Waals surface area contributed by atoms with Gasteiger partial charge in [-0.25, -0.2) is 0 Å². The first kappa shape index (κ1) is 44.6. The highest BCUT2D eigenvalue weighted by Gasteiger charge is 2.26. The summed E-state index contributed by atoms with van der Waals surface area (Å²) in [6.07, 6.45) is 43.8. The predicted molar refractivity (Wildman–Crippen MR) is 199 cm³/mol. The molecule has 0 saturated carbocycles. The van der Waals surface area contributed by atoms with Crippen LogP contribution < -0.4 is 5.32 Å². The number of carbonyl (C=O) groups excluding carboxylic acids is 1. The number of unbranched alkanes of at least 4 members (excludes halogenated alkanes) is 21. The van der Waals surface area contributed by atoms with Crippen molar-refractivity contribution in [3.8, 4) is 0 Å². The van der Waals surface area contributed by atoms with Crippen molar-refractivity contribution in [1.29, 1.82) is 0 Å². The van der Waals surface area contributed by atoms with Gasteiger partial charge < -0.3 is 20.6 Å². The van der Waals surface area contributed by atoms with Gasteiger partial charge in [0.25, 0.3) is 0 Å². The summed E-state index contributed by atoms with van der Waals surface area (Å²) in [5, 5.41) is 33.3. The summed E-state index contributed by atoms with van der Waals surface area (Å²) in [7, 11) is 0. The van der Waals surface area contributed by atoms with Crippen molar-refractivity contribution in [1.82, 2.24) is 5.32 Å². The summed E-state index contributed by atoms with van der Waals surface area (Å²) in [6.45, 7) is 4.12. The molecule has 46 heavy (non-hydrogen) atoms. The maximum Gasteiger partial charge on any atom is 0.220 e. The van der Waals surface area contributed by atoms with E-state index in [9.17, 15) is 20.1 Å². The van der Waals surface area contributed by atoms with Crippen molar-refractivity contribution >= 4 is 5.91 Å². The minimum absolute atomic E-state index is 0.165. The van der Waals surface area contributed by atoms with E-state index < -0.39 is 18.2 Å². The second-order valence-electron chi connectivity index (χ2n) is 13.5. The Hall–Kier alpha value is -1.43. The molecule has 4 N–H and O–H groups in total. The predicted octanol–water partition coefficient (Wildman–Crippen LogP) is 10.8. The Morgan fingerprint density at radius 2 is 0.891 bits per heavy atom. The Labute approximate surface area is 285 Å². The smallest absolute Gasteiger partial charge is 0.220 e. The van der Waals surface area contributed by atoms with Gasteiger partial charge in [-0.2, -0.15) is 0 Å². The molecule has 5 nitrogen and oxygen atoms in total. The molecule has 1 amide bonds. The lowest BCUT2D eigenvalue weighted by Crippen LogP contribution is -2.50. The van der Waals surface area contributed by atoms with Crippen LogP contribution in [0, 0.1) is 0 Å². The Morgan fingerprint density at radius 1 is 0.522 bits per heavy atom. The van der Waals surface area contributed by atoms with E-state index in [0.29, 0.717) is 12.8 Å². The minimum atomic E-state index is -1.17. The maximum atomic E-state index is 12.4. The number of aliphatic hydroxyl groups is 3. The number of aliphatic hydroxyl groups excluding tert-OH is 3. The molecule has 0 aliphatic carbocycles. The van der Waals surface area contributed by atoms with E-state index in [1.807, 2.05) is 0 Å². The normalized spacial score (nSPS) is 14.1. The molecule has 3 unspecified atom stereocenters. The van der Waals surface area contributed by atoms with Crippen molar-refractivity contribution < 1.29 is 20.1 Å². The van der Waals surface area contributed by atoms with Crippen LogP contribution in [-0.4, -0.2) is 46.1 Å². The van der Waals surface area contributed by atoms with Gasteiger partial charge >= 0.3 is 0 Å². The van der Waals surface area contributed by atoms with E-state index in [2.05, 4.69) is 55.6 Å². The lowest BCUT2D eigenvalue weighted by atomic mass is 10.0. The molecule has 270 valence electrons. The summed E-state index contributed by atoms with van der Waals surface area (Å²) in [4.78, 5) is 12.4. The quantitative estimate of drug-likeness (QED) is 0.0407. The van der Waals surface area contributed by atoms with E-state index in [-0.39, 0.29) is 12.5 Å². The largest absolute Gasteiger partial charge is 0.394 e. The van der Waals surface area contributed by atoms with Crippen LogP contribution in [0.5, 0.6) is 0 Å². The van der Waals surface area contributed by atoms with E-state index >= 15 is 0 Å². The molecule has 0 aromatic heterocycles. The van der Waals surface area contributed by atoms with Gasteiger partial charge in [-0.1, -0.05) is 147 Å². The Kier molecular flexibility index (Phi) is 35.3. The summed E-state index contributed by atoms with van der Waals surface area (Å²) < 4.78 is 0. The molecule has 0 saturated heterocycles. The number of amides is 1. The zero-order chi connectivity index (χ0) is 33.8. The molecule has 0 bridgehead atoms. The average molecular weight is 648 g/mol. The van der Waals surface area contributed by atoms with Crippen LogP contribution in [0.1, 0.15) is 194 Å². The van der Waals surface area contributed by atoms with Crippen LogP contribution in [0.3, 0.4) is 0 Å². The molecular weight excluding hydrogens is 570 g/mol. The van der Waals surface area contributed by atoms with Crippen molar-refractivity contribution in [2.75, 3.05) is 6.61 Å². The molecule has 0 radical (unpaired) electrons. The van der Waals surface area contributed by atoms with Crippen LogP contribution in [-0.2, 0) is 4.79 Å². The fourth-order valence-electron chi connectivity index (χ4n) is 5.82. The highest BCUT2D eigenvalue weighted by molar-refractivity contribution is 5.76. The van der Waals surface area contributed by atoms with Gasteiger partial charge in [0.2, 0.25) is 5.91 Å². The topological polar surface area (TPSA) is 89.8 Å². The fourth-order valence-corrected chi connectivity index (χ4v) is 5.82. The lowest BCUT2D eigenvalue weighted by molar-refractivity contribution is -0.124. The van der Waals surface area contributed by atoms with Gasteiger partial charge in [-0.05, 0) is 77.0 Å². The zero-order valence-electron chi connectivity index (χ0n) is 30.5. The third-order valence-electron chi connectivity index (χ3n) is 8.94. The second-order valence-corrected chi connectivity index (χ2v) is 13.5. The second kappa shape index (κ2) is 36.4. The third-order valence-corrected chi connectivity index (χ3v) is 8.94. The number of allylic oxidation sites excluding steroid dienone is 6. The Bertz CT molecular complexity index is 719. The summed E-state index contributed by atoms with van der Waals surface area (Å²) in [5.74, 6) is -0.165. The van der Waals surface area contributed by atoms with Gasteiger partial charge in [0.15, 0.2) is 0 Å². The molecule has 0 spiro atoms. The van der Waals surface area contributed by atoms with Crippen molar-refractivity contribution in [3.05, 3.63) is 36.5 Å². The van der Waals surface area contributed by atoms with Gasteiger partial charge in [-0.15, -0.1) is 0 Å². The van der Waals surface area contributed by atoms with Gasteiger partial charge in [-0.3, -0.25) is 4.79 Å². The first-order chi connectivity index (χ1) is 22.6. The number of carbonyl (C=O) groups is 1. The third kappa shape index (κ3) is 31.2. The molecule has 0 fully saturated rings. The summed E-state index contributed by atoms with van der Waals surface area (Å²) >= 11 is 0. The standard InChI is InChI=1S/C41H77NO4/c1-3-5-7-9-11-13-15-17-18-19-20-21-22-24-26-28-30-32-34-36-40(45)42-38(37-43)41(46)39(44)35-33-31-29-27-25-23-16-14-12-10-8-6-4-2/h14,16,19-20,27,29,38-39,41,43-44,46H,3-13,15,17-18,21-26,28,30-37H2,1-2H3,(H,42,45)/b16-14+,20-19-,29-27+. The summed E-state index contributed by atoms with van der Waals surface area (Å²) in [5.41, 5.74) is 0.